The van der Waals surface area contributed by atoms with Gasteiger partial charge >= 0.3 is 0 Å². The summed E-state index contributed by atoms with van der Waals surface area (Å²) in [6.45, 7) is 0.808. The van der Waals surface area contributed by atoms with Crippen LogP contribution in [0.5, 0.6) is 0 Å². The molecule has 0 unspecified atom stereocenters. The summed E-state index contributed by atoms with van der Waals surface area (Å²) in [5.41, 5.74) is 4.04. The number of amides is 3. The molecule has 39 heavy (non-hydrogen) atoms. The number of pyridine rings is 1. The molecule has 1 aliphatic heterocycles. The van der Waals surface area contributed by atoms with E-state index in [2.05, 4.69) is 15.6 Å². The Labute approximate surface area is 235 Å². The van der Waals surface area contributed by atoms with Crippen LogP contribution in [0.2, 0.25) is 5.02 Å². The van der Waals surface area contributed by atoms with Crippen LogP contribution in [0, 0.1) is 0 Å². The Hall–Kier alpha value is -4.14. The molecule has 2 N–H and O–H groups in total. The normalized spacial score (nSPS) is 14.7. The first-order chi connectivity index (χ1) is 19.0. The molecule has 1 atom stereocenters. The van der Waals surface area contributed by atoms with E-state index in [0.29, 0.717) is 40.7 Å². The topological polar surface area (TPSA) is 91.4 Å². The minimum atomic E-state index is -0.331. The average molecular weight is 557 g/mol. The Kier molecular flexibility index (Phi) is 8.24. The third kappa shape index (κ3) is 6.47. The Balaban J connectivity index is 1.25. The first kappa shape index (κ1) is 26.5. The van der Waals surface area contributed by atoms with Crippen molar-refractivity contribution in [1.29, 1.82) is 0 Å². The Morgan fingerprint density at radius 3 is 2.44 bits per heavy atom. The molecule has 1 saturated heterocycles. The maximum absolute atomic E-state index is 13.1. The molecule has 0 spiro atoms. The van der Waals surface area contributed by atoms with Crippen molar-refractivity contribution in [3.05, 3.63) is 130 Å². The summed E-state index contributed by atoms with van der Waals surface area (Å²) < 4.78 is 0. The number of nitrogens with one attached hydrogen (secondary N) is 2. The summed E-state index contributed by atoms with van der Waals surface area (Å²) in [5.74, 6) is -0.156. The number of halogens is 1. The van der Waals surface area contributed by atoms with E-state index in [1.54, 1.807) is 66.6 Å². The maximum atomic E-state index is 13.1. The predicted octanol–water partition coefficient (Wildman–Crippen LogP) is 5.69. The van der Waals surface area contributed by atoms with Gasteiger partial charge in [-0.2, -0.15) is 0 Å². The largest absolute Gasteiger partial charge is 0.348 e. The Morgan fingerprint density at radius 2 is 1.69 bits per heavy atom. The summed E-state index contributed by atoms with van der Waals surface area (Å²) in [6.07, 6.45) is 3.36. The van der Waals surface area contributed by atoms with Crippen LogP contribution in [0.4, 0.5) is 5.69 Å². The van der Waals surface area contributed by atoms with Gasteiger partial charge in [-0.3, -0.25) is 19.4 Å². The molecule has 0 bridgehead atoms. The maximum Gasteiger partial charge on any atom is 0.255 e. The van der Waals surface area contributed by atoms with Crippen molar-refractivity contribution in [1.82, 2.24) is 15.2 Å². The third-order valence-corrected chi connectivity index (χ3v) is 7.80. The van der Waals surface area contributed by atoms with E-state index in [0.717, 1.165) is 16.7 Å². The zero-order valence-electron chi connectivity index (χ0n) is 20.8. The zero-order valence-corrected chi connectivity index (χ0v) is 22.4. The smallest absolute Gasteiger partial charge is 0.255 e. The van der Waals surface area contributed by atoms with E-state index in [1.807, 2.05) is 47.4 Å². The van der Waals surface area contributed by atoms with Gasteiger partial charge in [0.1, 0.15) is 5.37 Å². The molecule has 196 valence electrons. The molecule has 0 radical (unpaired) electrons. The summed E-state index contributed by atoms with van der Waals surface area (Å²) in [7, 11) is 0. The van der Waals surface area contributed by atoms with Gasteiger partial charge < -0.3 is 15.5 Å². The number of hydrogen-bond donors (Lipinski definition) is 2. The monoisotopic (exact) mass is 556 g/mol. The van der Waals surface area contributed by atoms with E-state index in [9.17, 15) is 14.4 Å². The van der Waals surface area contributed by atoms with Crippen LogP contribution in [0.15, 0.2) is 97.3 Å². The average Bonchev–Trinajstić information content (AvgIpc) is 3.33. The molecule has 0 saturated carbocycles. The highest BCUT2D eigenvalue weighted by molar-refractivity contribution is 8.00. The molecule has 3 aromatic carbocycles. The number of anilines is 1. The number of aromatic nitrogens is 1. The second-order valence-corrected chi connectivity index (χ2v) is 10.5. The first-order valence-corrected chi connectivity index (χ1v) is 13.7. The van der Waals surface area contributed by atoms with Gasteiger partial charge in [0.25, 0.3) is 11.8 Å². The molecule has 1 aromatic heterocycles. The van der Waals surface area contributed by atoms with Gasteiger partial charge in [-0.25, -0.2) is 0 Å². The SMILES string of the molecule is O=C(Nc1ccccc1C(=O)NCc1cccnc1)c1ccc([C@H]2SCC(=O)N2Cc2ccc(Cl)cc2)cc1. The van der Waals surface area contributed by atoms with E-state index in [1.165, 1.54) is 0 Å². The fraction of sp³-hybridized carbons (Fsp3) is 0.133. The molecule has 3 amide bonds. The van der Waals surface area contributed by atoms with Crippen LogP contribution in [-0.2, 0) is 17.9 Å². The van der Waals surface area contributed by atoms with Crippen LogP contribution in [0.3, 0.4) is 0 Å². The van der Waals surface area contributed by atoms with E-state index < -0.39 is 0 Å². The summed E-state index contributed by atoms with van der Waals surface area (Å²) in [5, 5.41) is 6.23. The highest BCUT2D eigenvalue weighted by Crippen LogP contribution is 2.39. The first-order valence-electron chi connectivity index (χ1n) is 12.3. The van der Waals surface area contributed by atoms with E-state index >= 15 is 0 Å². The van der Waals surface area contributed by atoms with Gasteiger partial charge in [-0.1, -0.05) is 54.1 Å². The fourth-order valence-corrected chi connectivity index (χ4v) is 5.57. The molecule has 5 rings (SSSR count). The van der Waals surface area contributed by atoms with Crippen LogP contribution < -0.4 is 10.6 Å². The summed E-state index contributed by atoms with van der Waals surface area (Å²) in [4.78, 5) is 44.4. The number of hydrogen-bond acceptors (Lipinski definition) is 5. The van der Waals surface area contributed by atoms with Crippen molar-refractivity contribution in [2.45, 2.75) is 18.5 Å². The number of para-hydroxylation sites is 1. The van der Waals surface area contributed by atoms with Crippen molar-refractivity contribution in [2.24, 2.45) is 0 Å². The highest BCUT2D eigenvalue weighted by atomic mass is 35.5. The number of carbonyl (C=O) groups is 3. The molecule has 7 nitrogen and oxygen atoms in total. The van der Waals surface area contributed by atoms with Crippen molar-refractivity contribution in [3.63, 3.8) is 0 Å². The lowest BCUT2D eigenvalue weighted by atomic mass is 10.1. The number of nitrogens with zero attached hydrogens (tertiary/aromatic N) is 2. The molecular weight excluding hydrogens is 532 g/mol. The van der Waals surface area contributed by atoms with Crippen LogP contribution >= 0.6 is 23.4 Å². The summed E-state index contributed by atoms with van der Waals surface area (Å²) >= 11 is 7.56. The van der Waals surface area contributed by atoms with Crippen molar-refractivity contribution < 1.29 is 14.4 Å². The number of benzene rings is 3. The standard InChI is InChI=1S/C30H25ClN4O3S/c31-24-13-7-20(8-14-24)18-35-27(36)19-39-30(35)23-11-9-22(10-12-23)28(37)34-26-6-2-1-5-25(26)29(38)33-17-21-4-3-15-32-16-21/h1-16,30H,17-19H2,(H,33,38)(H,34,37)/t30-/m1/s1. The third-order valence-electron chi connectivity index (χ3n) is 6.29. The minimum Gasteiger partial charge on any atom is -0.348 e. The Morgan fingerprint density at radius 1 is 0.923 bits per heavy atom. The van der Waals surface area contributed by atoms with Crippen LogP contribution in [-0.4, -0.2) is 33.4 Å². The second kappa shape index (κ2) is 12.1. The van der Waals surface area contributed by atoms with Crippen molar-refractivity contribution in [2.75, 3.05) is 11.1 Å². The lowest BCUT2D eigenvalue weighted by Crippen LogP contribution is -2.27. The molecular formula is C30H25ClN4O3S. The Bertz CT molecular complexity index is 1480. The van der Waals surface area contributed by atoms with Gasteiger partial charge in [0, 0.05) is 36.1 Å². The van der Waals surface area contributed by atoms with Crippen molar-refractivity contribution >= 4 is 46.8 Å². The molecule has 2 heterocycles. The van der Waals surface area contributed by atoms with Gasteiger partial charge in [-0.15, -0.1) is 11.8 Å². The van der Waals surface area contributed by atoms with Crippen LogP contribution in [0.1, 0.15) is 42.8 Å². The molecule has 1 aliphatic rings. The van der Waals surface area contributed by atoms with E-state index in [4.69, 9.17) is 11.6 Å². The van der Waals surface area contributed by atoms with Gasteiger partial charge in [0.05, 0.1) is 17.0 Å². The van der Waals surface area contributed by atoms with E-state index in [-0.39, 0.29) is 23.1 Å². The molecule has 0 aliphatic carbocycles. The van der Waals surface area contributed by atoms with Gasteiger partial charge in [0.15, 0.2) is 0 Å². The molecule has 1 fully saturated rings. The minimum absolute atomic E-state index is 0.0696. The second-order valence-electron chi connectivity index (χ2n) is 8.98. The van der Waals surface area contributed by atoms with Crippen LogP contribution in [0.25, 0.3) is 0 Å². The molecule has 9 heteroatoms. The lowest BCUT2D eigenvalue weighted by molar-refractivity contribution is -0.128. The van der Waals surface area contributed by atoms with Gasteiger partial charge in [-0.05, 0) is 59.2 Å². The highest BCUT2D eigenvalue weighted by Gasteiger charge is 2.32. The van der Waals surface area contributed by atoms with Crippen molar-refractivity contribution in [3.8, 4) is 0 Å². The lowest BCUT2D eigenvalue weighted by Gasteiger charge is -2.24. The number of rotatable bonds is 8. The number of thioether (sulfide) groups is 1. The number of carbonyl (C=O) groups excluding carboxylic acids is 3. The summed E-state index contributed by atoms with van der Waals surface area (Å²) in [6, 6.07) is 25.2. The quantitative estimate of drug-likeness (QED) is 0.291. The zero-order chi connectivity index (χ0) is 27.2. The predicted molar refractivity (Wildman–Crippen MR) is 153 cm³/mol. The molecule has 4 aromatic rings. The fourth-order valence-electron chi connectivity index (χ4n) is 4.25. The van der Waals surface area contributed by atoms with Gasteiger partial charge in [0.2, 0.25) is 5.91 Å².